The number of thiazole rings is 1. The highest BCUT2D eigenvalue weighted by molar-refractivity contribution is 7.13. The molecule has 3 N–H and O–H groups in total. The van der Waals surface area contributed by atoms with Gasteiger partial charge in [0.2, 0.25) is 11.9 Å². The third-order valence-corrected chi connectivity index (χ3v) is 5.99. The highest BCUT2D eigenvalue weighted by Crippen LogP contribution is 2.35. The first kappa shape index (κ1) is 22.7. The normalized spacial score (nSPS) is 13.9. The van der Waals surface area contributed by atoms with Crippen molar-refractivity contribution in [2.45, 2.75) is 25.7 Å². The first-order chi connectivity index (χ1) is 15.5. The smallest absolute Gasteiger partial charge is 0.342 e. The van der Waals surface area contributed by atoms with Gasteiger partial charge in [0.15, 0.2) is 0 Å². The van der Waals surface area contributed by atoms with Crippen molar-refractivity contribution in [1.82, 2.24) is 24.8 Å². The molecule has 1 atom stereocenters. The zero-order chi connectivity index (χ0) is 23.9. The van der Waals surface area contributed by atoms with Crippen molar-refractivity contribution < 1.29 is 27.6 Å². The van der Waals surface area contributed by atoms with E-state index in [2.05, 4.69) is 30.9 Å². The van der Waals surface area contributed by atoms with Gasteiger partial charge < -0.3 is 10.6 Å². The maximum absolute atomic E-state index is 13.0. The lowest BCUT2D eigenvalue weighted by molar-refractivity contribution is -0.137. The van der Waals surface area contributed by atoms with Gasteiger partial charge in [-0.25, -0.2) is 15.0 Å². The van der Waals surface area contributed by atoms with Crippen LogP contribution in [0.1, 0.15) is 43.7 Å². The number of hydrogen-bond donors (Lipinski definition) is 3. The predicted molar refractivity (Wildman–Crippen MR) is 111 cm³/mol. The second-order valence-corrected chi connectivity index (χ2v) is 8.33. The molecule has 0 saturated heterocycles. The quantitative estimate of drug-likeness (QED) is 0.494. The average molecular weight is 500 g/mol. The lowest BCUT2D eigenvalue weighted by Gasteiger charge is -2.11. The fourth-order valence-electron chi connectivity index (χ4n) is 2.95. The summed E-state index contributed by atoms with van der Waals surface area (Å²) >= 11 is 6.47. The van der Waals surface area contributed by atoms with Crippen LogP contribution in [0.2, 0.25) is 5.02 Å². The summed E-state index contributed by atoms with van der Waals surface area (Å²) in [7, 11) is 0. The van der Waals surface area contributed by atoms with E-state index in [-0.39, 0.29) is 34.8 Å². The molecule has 4 rings (SSSR count). The monoisotopic (exact) mass is 499 g/mol. The number of carbonyl (C=O) groups excluding carboxylic acids is 3. The summed E-state index contributed by atoms with van der Waals surface area (Å²) in [4.78, 5) is 48.3. The summed E-state index contributed by atoms with van der Waals surface area (Å²) in [6.07, 6.45) is -1.35. The minimum Gasteiger partial charge on any atom is -0.342 e. The van der Waals surface area contributed by atoms with Crippen LogP contribution >= 0.6 is 22.9 Å². The number of aromatic nitrogens is 4. The van der Waals surface area contributed by atoms with Crippen LogP contribution in [-0.2, 0) is 17.5 Å². The Morgan fingerprint density at radius 3 is 2.70 bits per heavy atom. The molecule has 3 amide bonds. The van der Waals surface area contributed by atoms with Crippen molar-refractivity contribution in [1.29, 1.82) is 0 Å². The summed E-state index contributed by atoms with van der Waals surface area (Å²) in [6, 6.07) is 0.0278. The van der Waals surface area contributed by atoms with E-state index in [0.29, 0.717) is 11.1 Å². The van der Waals surface area contributed by atoms with Gasteiger partial charge in [-0.3, -0.25) is 24.3 Å². The summed E-state index contributed by atoms with van der Waals surface area (Å²) in [5.41, 5.74) is -0.946. The largest absolute Gasteiger partial charge is 0.418 e. The van der Waals surface area contributed by atoms with E-state index in [0.717, 1.165) is 17.5 Å². The Kier molecular flexibility index (Phi) is 5.80. The number of hydrogen-bond acceptors (Lipinski definition) is 7. The molecule has 0 fully saturated rings. The number of alkyl halides is 3. The fourth-order valence-corrected chi connectivity index (χ4v) is 3.98. The predicted octanol–water partition coefficient (Wildman–Crippen LogP) is 3.10. The van der Waals surface area contributed by atoms with Gasteiger partial charge >= 0.3 is 6.18 Å². The zero-order valence-electron chi connectivity index (χ0n) is 16.5. The molecule has 4 heterocycles. The fraction of sp³-hybridized carbons (Fsp3) is 0.222. The number of nitrogens with one attached hydrogen (secondary N) is 3. The van der Waals surface area contributed by atoms with Gasteiger partial charge in [0, 0.05) is 6.20 Å². The van der Waals surface area contributed by atoms with Gasteiger partial charge in [-0.2, -0.15) is 13.2 Å². The molecule has 0 radical (unpaired) electrons. The van der Waals surface area contributed by atoms with Gasteiger partial charge in [-0.05, 0) is 13.0 Å². The molecule has 0 aliphatic carbocycles. The molecule has 3 aromatic rings. The van der Waals surface area contributed by atoms with Gasteiger partial charge in [0.25, 0.3) is 11.8 Å². The SMILES string of the molecule is C[C@@H](NC(=O)c1cnc2n1CC(=O)N2)c1ncc(C(=O)Nc2cc(C(F)(F)F)c(Cl)cn2)s1. The Labute approximate surface area is 192 Å². The minimum atomic E-state index is -4.70. The van der Waals surface area contributed by atoms with Crippen LogP contribution in [0.15, 0.2) is 24.7 Å². The Hall–Kier alpha value is -3.52. The van der Waals surface area contributed by atoms with E-state index < -0.39 is 34.6 Å². The molecule has 172 valence electrons. The van der Waals surface area contributed by atoms with Crippen LogP contribution in [0, 0.1) is 0 Å². The summed E-state index contributed by atoms with van der Waals surface area (Å²) in [5.74, 6) is -1.56. The number of rotatable bonds is 5. The second-order valence-electron chi connectivity index (χ2n) is 6.86. The number of pyridine rings is 1. The molecule has 33 heavy (non-hydrogen) atoms. The van der Waals surface area contributed by atoms with Crippen molar-refractivity contribution in [3.05, 3.63) is 50.8 Å². The molecule has 0 saturated carbocycles. The number of halogens is 4. The average Bonchev–Trinajstić information content (AvgIpc) is 3.44. The van der Waals surface area contributed by atoms with E-state index >= 15 is 0 Å². The number of nitrogens with zero attached hydrogens (tertiary/aromatic N) is 4. The molecule has 10 nitrogen and oxygen atoms in total. The van der Waals surface area contributed by atoms with Crippen molar-refractivity contribution in [3.63, 3.8) is 0 Å². The molecule has 15 heteroatoms. The van der Waals surface area contributed by atoms with Gasteiger partial charge in [0.05, 0.1) is 29.0 Å². The van der Waals surface area contributed by atoms with Crippen molar-refractivity contribution in [2.24, 2.45) is 0 Å². The molecule has 0 bridgehead atoms. The molecule has 1 aliphatic heterocycles. The Morgan fingerprint density at radius 1 is 1.21 bits per heavy atom. The molecule has 0 aromatic carbocycles. The van der Waals surface area contributed by atoms with Gasteiger partial charge in [-0.1, -0.05) is 11.6 Å². The van der Waals surface area contributed by atoms with Gasteiger partial charge in [-0.15, -0.1) is 11.3 Å². The number of amides is 3. The highest BCUT2D eigenvalue weighted by Gasteiger charge is 2.34. The molecular weight excluding hydrogens is 487 g/mol. The van der Waals surface area contributed by atoms with E-state index in [9.17, 15) is 27.6 Å². The molecule has 0 spiro atoms. The van der Waals surface area contributed by atoms with Crippen LogP contribution < -0.4 is 16.0 Å². The Bertz CT molecular complexity index is 1270. The third kappa shape index (κ3) is 4.66. The van der Waals surface area contributed by atoms with Gasteiger partial charge in [0.1, 0.15) is 27.9 Å². The molecular formula is C18H13ClF3N7O3S. The maximum Gasteiger partial charge on any atom is 0.418 e. The van der Waals surface area contributed by atoms with Crippen LogP contribution in [0.3, 0.4) is 0 Å². The summed E-state index contributed by atoms with van der Waals surface area (Å²) in [6.45, 7) is 1.61. The number of anilines is 2. The lowest BCUT2D eigenvalue weighted by Crippen LogP contribution is -2.28. The minimum absolute atomic E-state index is 0.0250. The van der Waals surface area contributed by atoms with Crippen LogP contribution in [0.4, 0.5) is 24.9 Å². The Morgan fingerprint density at radius 2 is 1.97 bits per heavy atom. The molecule has 1 aliphatic rings. The topological polar surface area (TPSA) is 131 Å². The van der Waals surface area contributed by atoms with E-state index in [1.165, 1.54) is 17.0 Å². The first-order valence-corrected chi connectivity index (χ1v) is 10.4. The van der Waals surface area contributed by atoms with Crippen LogP contribution in [-0.4, -0.2) is 37.2 Å². The van der Waals surface area contributed by atoms with Crippen molar-refractivity contribution >= 4 is 52.4 Å². The number of carbonyl (C=O) groups is 3. The van der Waals surface area contributed by atoms with Crippen molar-refractivity contribution in [3.8, 4) is 0 Å². The second kappa shape index (κ2) is 8.44. The number of imidazole rings is 1. The Balaban J connectivity index is 1.43. The third-order valence-electron chi connectivity index (χ3n) is 4.51. The molecule has 0 unspecified atom stereocenters. The standard InChI is InChI=1S/C18H13ClF3N7O3S/c1-7(26-14(31)10-4-25-17-28-13(30)6-29(10)17)16-24-5-11(33-16)15(32)27-12-2-8(18(20,21)22)9(19)3-23-12/h2-5,7H,6H2,1H3,(H,26,31)(H,23,27,32)(H,25,28,30)/t7-/m1/s1. The molecule has 3 aromatic heterocycles. The van der Waals surface area contributed by atoms with E-state index in [1.54, 1.807) is 6.92 Å². The van der Waals surface area contributed by atoms with Crippen LogP contribution in [0.25, 0.3) is 0 Å². The summed E-state index contributed by atoms with van der Waals surface area (Å²) < 4.78 is 40.4. The number of fused-ring (bicyclic) bond motifs is 1. The first-order valence-electron chi connectivity index (χ1n) is 9.19. The van der Waals surface area contributed by atoms with E-state index in [4.69, 9.17) is 11.6 Å². The van der Waals surface area contributed by atoms with E-state index in [1.807, 2.05) is 0 Å². The lowest BCUT2D eigenvalue weighted by atomic mass is 10.2. The zero-order valence-corrected chi connectivity index (χ0v) is 18.1. The summed E-state index contributed by atoms with van der Waals surface area (Å²) in [5, 5.41) is 7.27. The highest BCUT2D eigenvalue weighted by atomic mass is 35.5. The van der Waals surface area contributed by atoms with Crippen LogP contribution in [0.5, 0.6) is 0 Å². The van der Waals surface area contributed by atoms with Crippen molar-refractivity contribution in [2.75, 3.05) is 10.6 Å². The maximum atomic E-state index is 13.0.